The smallest absolute Gasteiger partial charge is 0.220 e. The molecule has 1 N–H and O–H groups in total. The number of aromatic nitrogens is 2. The van der Waals surface area contributed by atoms with Gasteiger partial charge in [-0.05, 0) is 18.2 Å². The maximum atomic E-state index is 11.3. The highest BCUT2D eigenvalue weighted by Gasteiger charge is 1.99. The standard InChI is InChI=1S/C11H8N2O2/c14-10-3-1-2-8(6-11(10)15)9-4-5-12-7-13-9/h1-7H,(H,14,15). The Morgan fingerprint density at radius 2 is 2.07 bits per heavy atom. The third kappa shape index (κ3) is 1.99. The van der Waals surface area contributed by atoms with Crippen molar-refractivity contribution in [3.05, 3.63) is 53.1 Å². The summed E-state index contributed by atoms with van der Waals surface area (Å²) in [6.07, 6.45) is 3.01. The van der Waals surface area contributed by atoms with Crippen molar-refractivity contribution in [2.45, 2.75) is 0 Å². The van der Waals surface area contributed by atoms with Gasteiger partial charge in [0.05, 0.1) is 5.69 Å². The molecule has 0 aliphatic heterocycles. The number of hydrogen-bond donors (Lipinski definition) is 1. The van der Waals surface area contributed by atoms with Gasteiger partial charge < -0.3 is 5.11 Å². The number of rotatable bonds is 1. The third-order valence-corrected chi connectivity index (χ3v) is 1.95. The molecule has 2 rings (SSSR count). The Balaban J connectivity index is 2.62. The summed E-state index contributed by atoms with van der Waals surface area (Å²) in [5.41, 5.74) is 0.883. The van der Waals surface area contributed by atoms with Crippen LogP contribution < -0.4 is 5.43 Å². The molecule has 4 nitrogen and oxygen atoms in total. The van der Waals surface area contributed by atoms with Gasteiger partial charge in [-0.1, -0.05) is 12.1 Å². The van der Waals surface area contributed by atoms with Crippen molar-refractivity contribution in [3.63, 3.8) is 0 Å². The summed E-state index contributed by atoms with van der Waals surface area (Å²) >= 11 is 0. The van der Waals surface area contributed by atoms with Gasteiger partial charge in [-0.25, -0.2) is 9.97 Å². The van der Waals surface area contributed by atoms with Gasteiger partial charge in [0.2, 0.25) is 5.43 Å². The summed E-state index contributed by atoms with van der Waals surface area (Å²) in [5, 5.41) is 9.21. The molecule has 1 heterocycles. The summed E-state index contributed by atoms with van der Waals surface area (Å²) in [5.74, 6) is -0.268. The second-order valence-corrected chi connectivity index (χ2v) is 2.97. The maximum absolute atomic E-state index is 11.3. The minimum Gasteiger partial charge on any atom is -0.504 e. The quantitative estimate of drug-likeness (QED) is 0.751. The van der Waals surface area contributed by atoms with E-state index in [4.69, 9.17) is 0 Å². The van der Waals surface area contributed by atoms with Crippen LogP contribution in [0.5, 0.6) is 5.75 Å². The van der Waals surface area contributed by atoms with E-state index in [2.05, 4.69) is 9.97 Å². The lowest BCUT2D eigenvalue weighted by Crippen LogP contribution is -1.94. The number of nitrogens with zero attached hydrogens (tertiary/aromatic N) is 2. The predicted octanol–water partition coefficient (Wildman–Crippen LogP) is 1.21. The zero-order valence-electron chi connectivity index (χ0n) is 7.79. The van der Waals surface area contributed by atoms with Crippen molar-refractivity contribution < 1.29 is 5.11 Å². The van der Waals surface area contributed by atoms with Gasteiger partial charge in [0.1, 0.15) is 6.33 Å². The molecule has 0 unspecified atom stereocenters. The topological polar surface area (TPSA) is 63.1 Å². The average Bonchev–Trinajstić information content (AvgIpc) is 2.43. The lowest BCUT2D eigenvalue weighted by atomic mass is 10.2. The second kappa shape index (κ2) is 3.88. The highest BCUT2D eigenvalue weighted by molar-refractivity contribution is 5.58. The van der Waals surface area contributed by atoms with Gasteiger partial charge in [-0.3, -0.25) is 4.79 Å². The lowest BCUT2D eigenvalue weighted by Gasteiger charge is -1.94. The minimum absolute atomic E-state index is 0.268. The van der Waals surface area contributed by atoms with E-state index in [1.807, 2.05) is 0 Å². The van der Waals surface area contributed by atoms with Gasteiger partial charge in [0.25, 0.3) is 0 Å². The van der Waals surface area contributed by atoms with Crippen LogP contribution in [0.15, 0.2) is 47.7 Å². The Morgan fingerprint density at radius 3 is 2.80 bits per heavy atom. The summed E-state index contributed by atoms with van der Waals surface area (Å²) in [4.78, 5) is 19.1. The maximum Gasteiger partial charge on any atom is 0.220 e. The van der Waals surface area contributed by atoms with Crippen LogP contribution in [0, 0.1) is 0 Å². The molecular weight excluding hydrogens is 192 g/mol. The second-order valence-electron chi connectivity index (χ2n) is 2.97. The van der Waals surface area contributed by atoms with Crippen LogP contribution in [-0.2, 0) is 0 Å². The molecule has 0 atom stereocenters. The Labute approximate surface area is 85.9 Å². The van der Waals surface area contributed by atoms with Gasteiger partial charge in [-0.2, -0.15) is 0 Å². The molecule has 15 heavy (non-hydrogen) atoms. The molecule has 1 aromatic carbocycles. The van der Waals surface area contributed by atoms with E-state index >= 15 is 0 Å². The SMILES string of the molecule is O=c1cc(-c2ccncn2)cccc1O. The largest absolute Gasteiger partial charge is 0.504 e. The van der Waals surface area contributed by atoms with E-state index in [9.17, 15) is 9.90 Å². The van der Waals surface area contributed by atoms with E-state index in [-0.39, 0.29) is 5.75 Å². The molecule has 0 fully saturated rings. The summed E-state index contributed by atoms with van der Waals surface area (Å²) in [6.45, 7) is 0. The van der Waals surface area contributed by atoms with Gasteiger partial charge in [0, 0.05) is 11.8 Å². The molecule has 0 radical (unpaired) electrons. The molecule has 0 bridgehead atoms. The van der Waals surface area contributed by atoms with Gasteiger partial charge >= 0.3 is 0 Å². The van der Waals surface area contributed by atoms with Crippen LogP contribution in [0.1, 0.15) is 0 Å². The first kappa shape index (κ1) is 9.33. The molecule has 0 aliphatic rings. The van der Waals surface area contributed by atoms with Crippen LogP contribution in [-0.4, -0.2) is 15.1 Å². The van der Waals surface area contributed by atoms with Gasteiger partial charge in [0.15, 0.2) is 5.75 Å². The molecule has 2 aromatic rings. The van der Waals surface area contributed by atoms with E-state index in [0.29, 0.717) is 11.3 Å². The highest BCUT2D eigenvalue weighted by Crippen LogP contribution is 2.13. The van der Waals surface area contributed by atoms with E-state index in [1.54, 1.807) is 24.4 Å². The van der Waals surface area contributed by atoms with Gasteiger partial charge in [-0.15, -0.1) is 0 Å². The van der Waals surface area contributed by atoms with Crippen molar-refractivity contribution in [2.75, 3.05) is 0 Å². The summed E-state index contributed by atoms with van der Waals surface area (Å²) in [7, 11) is 0. The zero-order chi connectivity index (χ0) is 10.7. The summed E-state index contributed by atoms with van der Waals surface area (Å²) in [6, 6.07) is 7.72. The van der Waals surface area contributed by atoms with E-state index < -0.39 is 5.43 Å². The first-order valence-corrected chi connectivity index (χ1v) is 4.37. The van der Waals surface area contributed by atoms with Crippen LogP contribution >= 0.6 is 0 Å². The molecule has 0 saturated heterocycles. The monoisotopic (exact) mass is 200 g/mol. The molecule has 4 heteroatoms. The van der Waals surface area contributed by atoms with Crippen molar-refractivity contribution in [1.82, 2.24) is 9.97 Å². The molecule has 0 amide bonds. The summed E-state index contributed by atoms with van der Waals surface area (Å²) < 4.78 is 0. The molecular formula is C11H8N2O2. The number of hydrogen-bond acceptors (Lipinski definition) is 4. The van der Waals surface area contributed by atoms with Crippen molar-refractivity contribution in [1.29, 1.82) is 0 Å². The first-order chi connectivity index (χ1) is 7.27. The fraction of sp³-hybridized carbons (Fsp3) is 0. The molecule has 0 spiro atoms. The van der Waals surface area contributed by atoms with Crippen molar-refractivity contribution in [2.24, 2.45) is 0 Å². The normalized spacial score (nSPS) is 9.87. The van der Waals surface area contributed by atoms with Crippen LogP contribution in [0.25, 0.3) is 11.3 Å². The Kier molecular flexibility index (Phi) is 2.41. The minimum atomic E-state index is -0.423. The lowest BCUT2D eigenvalue weighted by molar-refractivity contribution is 0.471. The first-order valence-electron chi connectivity index (χ1n) is 4.37. The van der Waals surface area contributed by atoms with Crippen molar-refractivity contribution >= 4 is 0 Å². The number of aromatic hydroxyl groups is 1. The average molecular weight is 200 g/mol. The predicted molar refractivity (Wildman–Crippen MR) is 55.4 cm³/mol. The van der Waals surface area contributed by atoms with Crippen LogP contribution in [0.3, 0.4) is 0 Å². The molecule has 1 aromatic heterocycles. The zero-order valence-corrected chi connectivity index (χ0v) is 7.79. The fourth-order valence-corrected chi connectivity index (χ4v) is 1.21. The molecule has 74 valence electrons. The Hall–Kier alpha value is -2.23. The van der Waals surface area contributed by atoms with Crippen LogP contribution in [0.4, 0.5) is 0 Å². The van der Waals surface area contributed by atoms with E-state index in [1.165, 1.54) is 18.5 Å². The van der Waals surface area contributed by atoms with E-state index in [0.717, 1.165) is 0 Å². The molecule has 0 saturated carbocycles. The Bertz CT molecular complexity index is 526. The van der Waals surface area contributed by atoms with Crippen LogP contribution in [0.2, 0.25) is 0 Å². The highest BCUT2D eigenvalue weighted by atomic mass is 16.3. The molecule has 0 aliphatic carbocycles. The third-order valence-electron chi connectivity index (χ3n) is 1.95. The van der Waals surface area contributed by atoms with Crippen molar-refractivity contribution in [3.8, 4) is 17.0 Å². The fourth-order valence-electron chi connectivity index (χ4n) is 1.21. The Morgan fingerprint density at radius 1 is 1.20 bits per heavy atom.